The van der Waals surface area contributed by atoms with Gasteiger partial charge in [0.25, 0.3) is 0 Å². The largest absolute Gasteiger partial charge is 0.489 e. The fourth-order valence-corrected chi connectivity index (χ4v) is 2.17. The molecule has 1 unspecified atom stereocenters. The van der Waals surface area contributed by atoms with Gasteiger partial charge < -0.3 is 15.2 Å². The molecule has 0 aliphatic carbocycles. The third-order valence-corrected chi connectivity index (χ3v) is 3.49. The summed E-state index contributed by atoms with van der Waals surface area (Å²) in [5, 5.41) is 21.2. The number of ether oxygens (including phenoxy) is 1. The zero-order chi connectivity index (χ0) is 16.5. The lowest BCUT2D eigenvalue weighted by molar-refractivity contribution is 0.233. The first kappa shape index (κ1) is 17.0. The minimum Gasteiger partial charge on any atom is -0.489 e. The SMILES string of the molecule is CC(CO)CNCc1cccc(OCc2cccc(C#N)c2)c1. The molecule has 23 heavy (non-hydrogen) atoms. The van der Waals surface area contributed by atoms with Crippen molar-refractivity contribution < 1.29 is 9.84 Å². The van der Waals surface area contributed by atoms with Crippen LogP contribution in [0.4, 0.5) is 0 Å². The molecule has 0 radical (unpaired) electrons. The summed E-state index contributed by atoms with van der Waals surface area (Å²) in [7, 11) is 0. The molecule has 2 rings (SSSR count). The maximum atomic E-state index is 9.01. The number of benzene rings is 2. The van der Waals surface area contributed by atoms with Crippen LogP contribution in [0.3, 0.4) is 0 Å². The molecule has 0 aliphatic rings. The topological polar surface area (TPSA) is 65.3 Å². The van der Waals surface area contributed by atoms with Crippen LogP contribution in [0.2, 0.25) is 0 Å². The van der Waals surface area contributed by atoms with Gasteiger partial charge in [-0.2, -0.15) is 5.26 Å². The molecule has 0 saturated heterocycles. The molecule has 0 bridgehead atoms. The van der Waals surface area contributed by atoms with E-state index in [0.717, 1.165) is 30.0 Å². The molecule has 0 amide bonds. The minimum atomic E-state index is 0.192. The molecule has 1 atom stereocenters. The van der Waals surface area contributed by atoms with Crippen LogP contribution in [-0.2, 0) is 13.2 Å². The number of hydrogen-bond acceptors (Lipinski definition) is 4. The Bertz CT molecular complexity index is 664. The minimum absolute atomic E-state index is 0.192. The Balaban J connectivity index is 1.88. The molecule has 4 nitrogen and oxygen atoms in total. The van der Waals surface area contributed by atoms with Gasteiger partial charge in [0.15, 0.2) is 0 Å². The van der Waals surface area contributed by atoms with Crippen molar-refractivity contribution in [3.63, 3.8) is 0 Å². The summed E-state index contributed by atoms with van der Waals surface area (Å²) in [6.07, 6.45) is 0. The zero-order valence-electron chi connectivity index (χ0n) is 13.3. The van der Waals surface area contributed by atoms with E-state index >= 15 is 0 Å². The molecule has 2 aromatic rings. The Morgan fingerprint density at radius 2 is 1.96 bits per heavy atom. The number of aliphatic hydroxyl groups excluding tert-OH is 1. The predicted molar refractivity (Wildman–Crippen MR) is 89.9 cm³/mol. The van der Waals surface area contributed by atoms with Gasteiger partial charge in [0.05, 0.1) is 11.6 Å². The van der Waals surface area contributed by atoms with E-state index in [2.05, 4.69) is 11.4 Å². The van der Waals surface area contributed by atoms with E-state index in [0.29, 0.717) is 12.2 Å². The molecule has 0 fully saturated rings. The highest BCUT2D eigenvalue weighted by Gasteiger charge is 2.02. The number of aliphatic hydroxyl groups is 1. The first-order valence-electron chi connectivity index (χ1n) is 7.73. The number of nitrogens with one attached hydrogen (secondary N) is 1. The van der Waals surface area contributed by atoms with Crippen molar-refractivity contribution >= 4 is 0 Å². The van der Waals surface area contributed by atoms with Crippen LogP contribution in [0.15, 0.2) is 48.5 Å². The Morgan fingerprint density at radius 1 is 1.17 bits per heavy atom. The van der Waals surface area contributed by atoms with Gasteiger partial charge in [0, 0.05) is 19.7 Å². The van der Waals surface area contributed by atoms with E-state index in [9.17, 15) is 0 Å². The molecular weight excluding hydrogens is 288 g/mol. The van der Waals surface area contributed by atoms with E-state index in [1.807, 2.05) is 49.4 Å². The lowest BCUT2D eigenvalue weighted by atomic mass is 10.1. The molecule has 0 saturated carbocycles. The second-order valence-corrected chi connectivity index (χ2v) is 5.67. The summed E-state index contributed by atoms with van der Waals surface area (Å²) < 4.78 is 5.80. The maximum absolute atomic E-state index is 9.01. The standard InChI is InChI=1S/C19H22N2O2/c1-15(13-22)11-21-12-17-5-3-7-19(9-17)23-14-18-6-2-4-16(8-18)10-20/h2-9,15,21-22H,11-14H2,1H3. The van der Waals surface area contributed by atoms with E-state index in [-0.39, 0.29) is 12.5 Å². The smallest absolute Gasteiger partial charge is 0.120 e. The van der Waals surface area contributed by atoms with E-state index < -0.39 is 0 Å². The number of nitrogens with zero attached hydrogens (tertiary/aromatic N) is 1. The van der Waals surface area contributed by atoms with Gasteiger partial charge in [0.1, 0.15) is 12.4 Å². The lowest BCUT2D eigenvalue weighted by Crippen LogP contribution is -2.22. The van der Waals surface area contributed by atoms with Crippen LogP contribution >= 0.6 is 0 Å². The molecule has 2 N–H and O–H groups in total. The van der Waals surface area contributed by atoms with Gasteiger partial charge in [-0.15, -0.1) is 0 Å². The van der Waals surface area contributed by atoms with Crippen LogP contribution in [0.25, 0.3) is 0 Å². The Labute approximate surface area is 137 Å². The van der Waals surface area contributed by atoms with Gasteiger partial charge >= 0.3 is 0 Å². The third kappa shape index (κ3) is 5.74. The summed E-state index contributed by atoms with van der Waals surface area (Å²) >= 11 is 0. The normalized spacial score (nSPS) is 11.7. The molecule has 0 aromatic heterocycles. The molecule has 2 aromatic carbocycles. The van der Waals surface area contributed by atoms with Crippen molar-refractivity contribution in [2.45, 2.75) is 20.1 Å². The first-order valence-corrected chi connectivity index (χ1v) is 7.73. The molecular formula is C19H22N2O2. The van der Waals surface area contributed by atoms with Crippen LogP contribution < -0.4 is 10.1 Å². The Kier molecular flexibility index (Phi) is 6.61. The van der Waals surface area contributed by atoms with E-state index in [1.54, 1.807) is 6.07 Å². The van der Waals surface area contributed by atoms with Crippen molar-refractivity contribution in [2.75, 3.05) is 13.2 Å². The van der Waals surface area contributed by atoms with Gasteiger partial charge in [-0.1, -0.05) is 31.2 Å². The Morgan fingerprint density at radius 3 is 2.74 bits per heavy atom. The van der Waals surface area contributed by atoms with Gasteiger partial charge in [0.2, 0.25) is 0 Å². The van der Waals surface area contributed by atoms with Crippen LogP contribution in [0.5, 0.6) is 5.75 Å². The summed E-state index contributed by atoms with van der Waals surface area (Å²) in [5.41, 5.74) is 2.75. The third-order valence-electron chi connectivity index (χ3n) is 3.49. The zero-order valence-corrected chi connectivity index (χ0v) is 13.3. The fraction of sp³-hybridized carbons (Fsp3) is 0.316. The van der Waals surface area contributed by atoms with Crippen LogP contribution in [0.1, 0.15) is 23.6 Å². The van der Waals surface area contributed by atoms with Crippen LogP contribution in [-0.4, -0.2) is 18.3 Å². The van der Waals surface area contributed by atoms with Crippen molar-refractivity contribution in [3.8, 4) is 11.8 Å². The van der Waals surface area contributed by atoms with Gasteiger partial charge in [-0.25, -0.2) is 0 Å². The average Bonchev–Trinajstić information content (AvgIpc) is 2.60. The molecule has 120 valence electrons. The monoisotopic (exact) mass is 310 g/mol. The van der Waals surface area contributed by atoms with Gasteiger partial charge in [-0.3, -0.25) is 0 Å². The second-order valence-electron chi connectivity index (χ2n) is 5.67. The highest BCUT2D eigenvalue weighted by molar-refractivity contribution is 5.33. The summed E-state index contributed by atoms with van der Waals surface area (Å²) in [5.74, 6) is 1.06. The lowest BCUT2D eigenvalue weighted by Gasteiger charge is -2.11. The van der Waals surface area contributed by atoms with Crippen molar-refractivity contribution in [1.29, 1.82) is 5.26 Å². The maximum Gasteiger partial charge on any atom is 0.120 e. The Hall–Kier alpha value is -2.35. The number of rotatable bonds is 8. The van der Waals surface area contributed by atoms with Crippen molar-refractivity contribution in [1.82, 2.24) is 5.32 Å². The fourth-order valence-electron chi connectivity index (χ4n) is 2.17. The van der Waals surface area contributed by atoms with Crippen molar-refractivity contribution in [3.05, 3.63) is 65.2 Å². The predicted octanol–water partition coefficient (Wildman–Crippen LogP) is 2.86. The average molecular weight is 310 g/mol. The molecule has 0 aliphatic heterocycles. The van der Waals surface area contributed by atoms with Crippen molar-refractivity contribution in [2.24, 2.45) is 5.92 Å². The van der Waals surface area contributed by atoms with E-state index in [4.69, 9.17) is 15.1 Å². The summed E-state index contributed by atoms with van der Waals surface area (Å²) in [6, 6.07) is 17.5. The number of hydrogen-bond donors (Lipinski definition) is 2. The molecule has 0 spiro atoms. The summed E-state index contributed by atoms with van der Waals surface area (Å²) in [6.45, 7) is 4.15. The highest BCUT2D eigenvalue weighted by atomic mass is 16.5. The first-order chi connectivity index (χ1) is 11.2. The molecule has 0 heterocycles. The summed E-state index contributed by atoms with van der Waals surface area (Å²) in [4.78, 5) is 0. The highest BCUT2D eigenvalue weighted by Crippen LogP contribution is 2.15. The van der Waals surface area contributed by atoms with Gasteiger partial charge in [-0.05, 0) is 41.3 Å². The van der Waals surface area contributed by atoms with Crippen LogP contribution in [0, 0.1) is 17.2 Å². The molecule has 4 heteroatoms. The second kappa shape index (κ2) is 8.94. The van der Waals surface area contributed by atoms with E-state index in [1.165, 1.54) is 0 Å². The number of nitriles is 1. The quantitative estimate of drug-likeness (QED) is 0.787.